The molecule has 1 aliphatic rings. The summed E-state index contributed by atoms with van der Waals surface area (Å²) < 4.78 is 15.5. The van der Waals surface area contributed by atoms with E-state index in [-0.39, 0.29) is 11.2 Å². The summed E-state index contributed by atoms with van der Waals surface area (Å²) >= 11 is 8.31. The highest BCUT2D eigenvalue weighted by Gasteiger charge is 2.52. The summed E-state index contributed by atoms with van der Waals surface area (Å²) in [7, 11) is -0.407. The summed E-state index contributed by atoms with van der Waals surface area (Å²) in [6, 6.07) is 0. The van der Waals surface area contributed by atoms with Gasteiger partial charge in [0, 0.05) is 17.9 Å². The van der Waals surface area contributed by atoms with Gasteiger partial charge in [0.25, 0.3) is 0 Å². The SMILES string of the molecule is CC1(C)OB(c2cnn(-c3nc(Br)c(Br)s3)c2)OC1(C)C. The van der Waals surface area contributed by atoms with Crippen LogP contribution in [0.5, 0.6) is 0 Å². The van der Waals surface area contributed by atoms with E-state index in [1.807, 2.05) is 33.9 Å². The van der Waals surface area contributed by atoms with Gasteiger partial charge < -0.3 is 9.31 Å². The van der Waals surface area contributed by atoms with Crippen LogP contribution in [0, 0.1) is 0 Å². The van der Waals surface area contributed by atoms with Gasteiger partial charge in [0.05, 0.1) is 11.2 Å². The second kappa shape index (κ2) is 5.16. The van der Waals surface area contributed by atoms with E-state index in [4.69, 9.17) is 9.31 Å². The van der Waals surface area contributed by atoms with Gasteiger partial charge in [-0.05, 0) is 59.6 Å². The zero-order chi connectivity index (χ0) is 15.4. The molecule has 112 valence electrons. The van der Waals surface area contributed by atoms with Gasteiger partial charge in [-0.25, -0.2) is 9.67 Å². The van der Waals surface area contributed by atoms with Crippen molar-refractivity contribution in [1.82, 2.24) is 14.8 Å². The van der Waals surface area contributed by atoms with Crippen LogP contribution in [-0.2, 0) is 9.31 Å². The van der Waals surface area contributed by atoms with Crippen LogP contribution in [0.2, 0.25) is 0 Å². The Kier molecular flexibility index (Phi) is 3.85. The lowest BCUT2D eigenvalue weighted by atomic mass is 9.82. The monoisotopic (exact) mass is 433 g/mol. The highest BCUT2D eigenvalue weighted by Crippen LogP contribution is 2.36. The lowest BCUT2D eigenvalue weighted by molar-refractivity contribution is 0.00578. The molecule has 0 amide bonds. The van der Waals surface area contributed by atoms with Crippen LogP contribution in [-0.4, -0.2) is 33.1 Å². The van der Waals surface area contributed by atoms with Crippen molar-refractivity contribution in [3.05, 3.63) is 20.8 Å². The fraction of sp³-hybridized carbons (Fsp3) is 0.500. The number of thiazole rings is 1. The van der Waals surface area contributed by atoms with Crippen molar-refractivity contribution < 1.29 is 9.31 Å². The van der Waals surface area contributed by atoms with Crippen LogP contribution in [0.1, 0.15) is 27.7 Å². The molecule has 9 heteroatoms. The molecule has 0 aromatic carbocycles. The highest BCUT2D eigenvalue weighted by molar-refractivity contribution is 9.13. The van der Waals surface area contributed by atoms with Gasteiger partial charge in [-0.3, -0.25) is 0 Å². The Balaban J connectivity index is 1.86. The molecule has 3 rings (SSSR count). The van der Waals surface area contributed by atoms with Crippen LogP contribution in [0.25, 0.3) is 5.13 Å². The van der Waals surface area contributed by atoms with Gasteiger partial charge in [0.1, 0.15) is 8.39 Å². The molecular weight excluding hydrogens is 421 g/mol. The van der Waals surface area contributed by atoms with Crippen LogP contribution >= 0.6 is 43.2 Å². The number of nitrogens with zero attached hydrogens (tertiary/aromatic N) is 3. The molecule has 0 spiro atoms. The first-order valence-electron chi connectivity index (χ1n) is 6.42. The average Bonchev–Trinajstić information content (AvgIpc) is 3.00. The van der Waals surface area contributed by atoms with E-state index in [1.165, 1.54) is 11.3 Å². The number of halogens is 2. The van der Waals surface area contributed by atoms with Crippen LogP contribution in [0.4, 0.5) is 0 Å². The third kappa shape index (κ3) is 2.74. The zero-order valence-corrected chi connectivity index (χ0v) is 16.0. The van der Waals surface area contributed by atoms with Crippen molar-refractivity contribution in [3.63, 3.8) is 0 Å². The molecule has 1 fully saturated rings. The molecule has 0 N–H and O–H groups in total. The standard InChI is InChI=1S/C12H14BBr2N3O2S/c1-11(2)12(3,4)20-13(19-11)7-5-16-18(6-7)10-17-8(14)9(15)21-10/h5-6H,1-4H3. The predicted octanol–water partition coefficient (Wildman–Crippen LogP) is 3.15. The third-order valence-corrected chi connectivity index (χ3v) is 6.92. The highest BCUT2D eigenvalue weighted by atomic mass is 79.9. The first kappa shape index (κ1) is 15.7. The van der Waals surface area contributed by atoms with Crippen LogP contribution in [0.3, 0.4) is 0 Å². The minimum Gasteiger partial charge on any atom is -0.399 e. The van der Waals surface area contributed by atoms with Crippen molar-refractivity contribution in [3.8, 4) is 5.13 Å². The topological polar surface area (TPSA) is 49.2 Å². The van der Waals surface area contributed by atoms with E-state index in [1.54, 1.807) is 10.9 Å². The van der Waals surface area contributed by atoms with Crippen molar-refractivity contribution >= 4 is 55.8 Å². The number of rotatable bonds is 2. The minimum atomic E-state index is -0.407. The van der Waals surface area contributed by atoms with E-state index in [0.29, 0.717) is 0 Å². The van der Waals surface area contributed by atoms with Crippen molar-refractivity contribution in [2.24, 2.45) is 0 Å². The molecule has 1 saturated heterocycles. The second-order valence-electron chi connectivity index (χ2n) is 5.87. The molecule has 5 nitrogen and oxygen atoms in total. The first-order valence-corrected chi connectivity index (χ1v) is 8.82. The Morgan fingerprint density at radius 2 is 1.81 bits per heavy atom. The first-order chi connectivity index (χ1) is 9.69. The number of hydrogen-bond acceptors (Lipinski definition) is 5. The maximum absolute atomic E-state index is 6.02. The van der Waals surface area contributed by atoms with Crippen LogP contribution in [0.15, 0.2) is 20.8 Å². The molecule has 0 atom stereocenters. The molecule has 3 heterocycles. The predicted molar refractivity (Wildman–Crippen MR) is 90.4 cm³/mol. The molecule has 2 aromatic heterocycles. The van der Waals surface area contributed by atoms with Gasteiger partial charge in [0.15, 0.2) is 0 Å². The summed E-state index contributed by atoms with van der Waals surface area (Å²) in [4.78, 5) is 4.38. The molecule has 0 aliphatic carbocycles. The Hall–Kier alpha value is -0.215. The Morgan fingerprint density at radius 3 is 2.33 bits per heavy atom. The summed E-state index contributed by atoms with van der Waals surface area (Å²) in [5, 5.41) is 5.12. The van der Waals surface area contributed by atoms with E-state index in [9.17, 15) is 0 Å². The van der Waals surface area contributed by atoms with Crippen LogP contribution < -0.4 is 5.46 Å². The summed E-state index contributed by atoms with van der Waals surface area (Å²) in [6.07, 6.45) is 3.64. The molecule has 0 unspecified atom stereocenters. The van der Waals surface area contributed by atoms with Crippen molar-refractivity contribution in [2.75, 3.05) is 0 Å². The fourth-order valence-electron chi connectivity index (χ4n) is 1.91. The summed E-state index contributed by atoms with van der Waals surface area (Å²) in [6.45, 7) is 8.14. The van der Waals surface area contributed by atoms with E-state index in [0.717, 1.165) is 19.0 Å². The zero-order valence-electron chi connectivity index (χ0n) is 12.1. The molecule has 21 heavy (non-hydrogen) atoms. The largest absolute Gasteiger partial charge is 0.498 e. The van der Waals surface area contributed by atoms with Gasteiger partial charge in [-0.2, -0.15) is 5.10 Å². The number of hydrogen-bond donors (Lipinski definition) is 0. The third-order valence-electron chi connectivity index (χ3n) is 3.86. The smallest absolute Gasteiger partial charge is 0.399 e. The van der Waals surface area contributed by atoms with E-state index < -0.39 is 7.12 Å². The van der Waals surface area contributed by atoms with Crippen molar-refractivity contribution in [2.45, 2.75) is 38.9 Å². The van der Waals surface area contributed by atoms with E-state index in [2.05, 4.69) is 41.9 Å². The van der Waals surface area contributed by atoms with E-state index >= 15 is 0 Å². The Morgan fingerprint density at radius 1 is 1.19 bits per heavy atom. The Labute approximate surface area is 144 Å². The second-order valence-corrected chi connectivity index (χ2v) is 8.91. The van der Waals surface area contributed by atoms with Gasteiger partial charge >= 0.3 is 7.12 Å². The molecule has 0 radical (unpaired) electrons. The van der Waals surface area contributed by atoms with Gasteiger partial charge in [-0.1, -0.05) is 11.3 Å². The molecule has 2 aromatic rings. The maximum atomic E-state index is 6.02. The minimum absolute atomic E-state index is 0.354. The maximum Gasteiger partial charge on any atom is 0.498 e. The molecule has 1 aliphatic heterocycles. The summed E-state index contributed by atoms with van der Waals surface area (Å²) in [5.41, 5.74) is 0.177. The fourth-order valence-corrected chi connectivity index (χ4v) is 3.58. The lowest BCUT2D eigenvalue weighted by Crippen LogP contribution is -2.41. The van der Waals surface area contributed by atoms with Gasteiger partial charge in [0.2, 0.25) is 5.13 Å². The normalized spacial score (nSPS) is 20.2. The van der Waals surface area contributed by atoms with Gasteiger partial charge in [-0.15, -0.1) is 0 Å². The lowest BCUT2D eigenvalue weighted by Gasteiger charge is -2.32. The molecule has 0 bridgehead atoms. The average molecular weight is 435 g/mol. The quantitative estimate of drug-likeness (QED) is 0.681. The molecular formula is C12H14BBr2N3O2S. The van der Waals surface area contributed by atoms with Crippen molar-refractivity contribution in [1.29, 1.82) is 0 Å². The Bertz CT molecular complexity index is 650. The number of aromatic nitrogens is 3. The molecule has 0 saturated carbocycles. The summed E-state index contributed by atoms with van der Waals surface area (Å²) in [5.74, 6) is 0.